The molecule has 1 aromatic heterocycles. The standard InChI is InChI=1S/C23H23N3OS/c1-3-26(11-12-27)21-10-9-19(17(2)13-21)14-20(15-24)23-25-22(16-28-23)18-7-5-4-6-8-18/h4-10,13-14,16,27H,3,11-12H2,1-2H3/b20-14+. The Bertz CT molecular complexity index is 1000. The predicted octanol–water partition coefficient (Wildman–Crippen LogP) is 5.00. The summed E-state index contributed by atoms with van der Waals surface area (Å²) < 4.78 is 0. The molecule has 0 fully saturated rings. The van der Waals surface area contributed by atoms with E-state index in [0.29, 0.717) is 12.1 Å². The monoisotopic (exact) mass is 389 g/mol. The molecule has 1 heterocycles. The Kier molecular flexibility index (Phi) is 6.59. The molecule has 0 aliphatic carbocycles. The second-order valence-electron chi connectivity index (χ2n) is 6.42. The third-order valence-corrected chi connectivity index (χ3v) is 5.47. The third-order valence-electron chi connectivity index (χ3n) is 4.59. The van der Waals surface area contributed by atoms with Crippen LogP contribution < -0.4 is 4.90 Å². The zero-order chi connectivity index (χ0) is 19.9. The van der Waals surface area contributed by atoms with Crippen LogP contribution >= 0.6 is 11.3 Å². The van der Waals surface area contributed by atoms with Crippen LogP contribution in [0.4, 0.5) is 5.69 Å². The first kappa shape index (κ1) is 19.8. The second kappa shape index (κ2) is 9.32. The molecule has 3 aromatic rings. The molecular weight excluding hydrogens is 366 g/mol. The van der Waals surface area contributed by atoms with Gasteiger partial charge in [-0.25, -0.2) is 4.98 Å². The Hall–Kier alpha value is -2.94. The number of aliphatic hydroxyl groups is 1. The van der Waals surface area contributed by atoms with E-state index in [1.807, 2.05) is 60.8 Å². The fourth-order valence-electron chi connectivity index (χ4n) is 3.05. The lowest BCUT2D eigenvalue weighted by Gasteiger charge is -2.22. The average molecular weight is 390 g/mol. The summed E-state index contributed by atoms with van der Waals surface area (Å²) in [4.78, 5) is 6.78. The van der Waals surface area contributed by atoms with Gasteiger partial charge >= 0.3 is 0 Å². The van der Waals surface area contributed by atoms with E-state index < -0.39 is 0 Å². The minimum atomic E-state index is 0.126. The molecule has 0 atom stereocenters. The van der Waals surface area contributed by atoms with E-state index in [1.54, 1.807) is 0 Å². The van der Waals surface area contributed by atoms with Gasteiger partial charge in [-0.1, -0.05) is 36.4 Å². The Labute approximate surface area is 170 Å². The van der Waals surface area contributed by atoms with Crippen LogP contribution in [-0.4, -0.2) is 29.8 Å². The van der Waals surface area contributed by atoms with E-state index in [-0.39, 0.29) is 6.61 Å². The van der Waals surface area contributed by atoms with Gasteiger partial charge in [0.1, 0.15) is 11.1 Å². The van der Waals surface area contributed by atoms with Crippen molar-refractivity contribution in [1.29, 1.82) is 5.26 Å². The van der Waals surface area contributed by atoms with Gasteiger partial charge < -0.3 is 10.0 Å². The van der Waals surface area contributed by atoms with E-state index in [2.05, 4.69) is 28.9 Å². The fourth-order valence-corrected chi connectivity index (χ4v) is 3.84. The number of allylic oxidation sites excluding steroid dienone is 1. The summed E-state index contributed by atoms with van der Waals surface area (Å²) in [5, 5.41) is 21.6. The summed E-state index contributed by atoms with van der Waals surface area (Å²) >= 11 is 1.48. The maximum absolute atomic E-state index is 9.67. The number of hydrogen-bond acceptors (Lipinski definition) is 5. The lowest BCUT2D eigenvalue weighted by atomic mass is 10.0. The first-order valence-corrected chi connectivity index (χ1v) is 10.1. The van der Waals surface area contributed by atoms with Crippen molar-refractivity contribution in [3.63, 3.8) is 0 Å². The van der Waals surface area contributed by atoms with Gasteiger partial charge in [0.05, 0.1) is 17.9 Å². The molecule has 28 heavy (non-hydrogen) atoms. The second-order valence-corrected chi connectivity index (χ2v) is 7.28. The van der Waals surface area contributed by atoms with Gasteiger partial charge in [-0.3, -0.25) is 0 Å². The van der Waals surface area contributed by atoms with Crippen molar-refractivity contribution < 1.29 is 5.11 Å². The first-order chi connectivity index (χ1) is 13.7. The number of aliphatic hydroxyl groups excluding tert-OH is 1. The van der Waals surface area contributed by atoms with Gasteiger partial charge in [-0.05, 0) is 43.2 Å². The van der Waals surface area contributed by atoms with Gasteiger partial charge in [0, 0.05) is 29.7 Å². The number of nitrogens with zero attached hydrogens (tertiary/aromatic N) is 3. The summed E-state index contributed by atoms with van der Waals surface area (Å²) in [5.74, 6) is 0. The summed E-state index contributed by atoms with van der Waals surface area (Å²) in [6.45, 7) is 5.67. The number of nitriles is 1. The zero-order valence-electron chi connectivity index (χ0n) is 16.1. The van der Waals surface area contributed by atoms with Crippen LogP contribution in [0.2, 0.25) is 0 Å². The van der Waals surface area contributed by atoms with Gasteiger partial charge in [0.2, 0.25) is 0 Å². The molecule has 142 valence electrons. The molecule has 4 nitrogen and oxygen atoms in total. The molecule has 0 saturated heterocycles. The molecule has 3 rings (SSSR count). The van der Waals surface area contributed by atoms with Crippen molar-refractivity contribution in [3.8, 4) is 17.3 Å². The predicted molar refractivity (Wildman–Crippen MR) is 117 cm³/mol. The van der Waals surface area contributed by atoms with Crippen LogP contribution in [0.5, 0.6) is 0 Å². The molecule has 0 amide bonds. The molecule has 0 saturated carbocycles. The molecular formula is C23H23N3OS. The van der Waals surface area contributed by atoms with E-state index in [9.17, 15) is 10.4 Å². The Morgan fingerprint density at radius 3 is 2.68 bits per heavy atom. The number of benzene rings is 2. The summed E-state index contributed by atoms with van der Waals surface area (Å²) in [7, 11) is 0. The third kappa shape index (κ3) is 4.48. The van der Waals surface area contributed by atoms with Crippen molar-refractivity contribution in [2.45, 2.75) is 13.8 Å². The number of thiazole rings is 1. The lowest BCUT2D eigenvalue weighted by Crippen LogP contribution is -2.26. The van der Waals surface area contributed by atoms with Gasteiger partial charge in [-0.2, -0.15) is 5.26 Å². The number of anilines is 1. The van der Waals surface area contributed by atoms with Crippen LogP contribution in [-0.2, 0) is 0 Å². The van der Waals surface area contributed by atoms with Crippen molar-refractivity contribution in [2.75, 3.05) is 24.6 Å². The van der Waals surface area contributed by atoms with Crippen molar-refractivity contribution in [2.24, 2.45) is 0 Å². The van der Waals surface area contributed by atoms with Gasteiger partial charge in [0.25, 0.3) is 0 Å². The lowest BCUT2D eigenvalue weighted by molar-refractivity contribution is 0.302. The van der Waals surface area contributed by atoms with Crippen LogP contribution in [0.25, 0.3) is 22.9 Å². The molecule has 0 spiro atoms. The zero-order valence-corrected chi connectivity index (χ0v) is 16.9. The maximum Gasteiger partial charge on any atom is 0.134 e. The smallest absolute Gasteiger partial charge is 0.134 e. The molecule has 0 unspecified atom stereocenters. The average Bonchev–Trinajstić information content (AvgIpc) is 3.22. The molecule has 0 aliphatic heterocycles. The van der Waals surface area contributed by atoms with E-state index in [1.165, 1.54) is 11.3 Å². The summed E-state index contributed by atoms with van der Waals surface area (Å²) in [6, 6.07) is 18.4. The van der Waals surface area contributed by atoms with Gasteiger partial charge in [-0.15, -0.1) is 11.3 Å². The van der Waals surface area contributed by atoms with Gasteiger partial charge in [0.15, 0.2) is 0 Å². The SMILES string of the molecule is CCN(CCO)c1ccc(/C=C(\C#N)c2nc(-c3ccccc3)cs2)c(C)c1. The molecule has 5 heteroatoms. The largest absolute Gasteiger partial charge is 0.395 e. The number of aryl methyl sites for hydroxylation is 1. The minimum Gasteiger partial charge on any atom is -0.395 e. The normalized spacial score (nSPS) is 11.3. The maximum atomic E-state index is 9.67. The van der Waals surface area contributed by atoms with Crippen molar-refractivity contribution in [1.82, 2.24) is 4.98 Å². The highest BCUT2D eigenvalue weighted by Crippen LogP contribution is 2.28. The Morgan fingerprint density at radius 2 is 2.04 bits per heavy atom. The molecule has 2 aromatic carbocycles. The fraction of sp³-hybridized carbons (Fsp3) is 0.217. The van der Waals surface area contributed by atoms with Crippen LogP contribution in [0, 0.1) is 18.3 Å². The van der Waals surface area contributed by atoms with Crippen LogP contribution in [0.15, 0.2) is 53.9 Å². The summed E-state index contributed by atoms with van der Waals surface area (Å²) in [5.41, 5.74) is 5.65. The Balaban J connectivity index is 1.89. The number of aromatic nitrogens is 1. The highest BCUT2D eigenvalue weighted by atomic mass is 32.1. The molecule has 0 bridgehead atoms. The van der Waals surface area contributed by atoms with Crippen molar-refractivity contribution >= 4 is 28.7 Å². The van der Waals surface area contributed by atoms with Crippen LogP contribution in [0.1, 0.15) is 23.1 Å². The first-order valence-electron chi connectivity index (χ1n) is 9.25. The highest BCUT2D eigenvalue weighted by molar-refractivity contribution is 7.11. The number of likely N-dealkylation sites (N-methyl/N-ethyl adjacent to an activating group) is 1. The number of rotatable bonds is 7. The number of hydrogen-bond donors (Lipinski definition) is 1. The van der Waals surface area contributed by atoms with E-state index in [0.717, 1.165) is 39.6 Å². The highest BCUT2D eigenvalue weighted by Gasteiger charge is 2.11. The minimum absolute atomic E-state index is 0.126. The molecule has 0 aliphatic rings. The Morgan fingerprint density at radius 1 is 1.25 bits per heavy atom. The van der Waals surface area contributed by atoms with Crippen molar-refractivity contribution in [3.05, 3.63) is 70.0 Å². The van der Waals surface area contributed by atoms with E-state index in [4.69, 9.17) is 0 Å². The quantitative estimate of drug-likeness (QED) is 0.578. The summed E-state index contributed by atoms with van der Waals surface area (Å²) in [6.07, 6.45) is 1.90. The molecule has 0 radical (unpaired) electrons. The van der Waals surface area contributed by atoms with Crippen LogP contribution in [0.3, 0.4) is 0 Å². The molecule has 1 N–H and O–H groups in total. The topological polar surface area (TPSA) is 60.1 Å². The van der Waals surface area contributed by atoms with E-state index >= 15 is 0 Å².